The summed E-state index contributed by atoms with van der Waals surface area (Å²) in [4.78, 5) is 3.85. The van der Waals surface area contributed by atoms with E-state index in [-0.39, 0.29) is 0 Å². The predicted molar refractivity (Wildman–Crippen MR) is 38.1 cm³/mol. The lowest BCUT2D eigenvalue weighted by Crippen LogP contribution is -2.04. The molecule has 0 saturated heterocycles. The van der Waals surface area contributed by atoms with Crippen molar-refractivity contribution >= 4 is 16.7 Å². The third kappa shape index (κ3) is 9.34. The van der Waals surface area contributed by atoms with Gasteiger partial charge in [0.05, 0.1) is 20.0 Å². The van der Waals surface area contributed by atoms with Gasteiger partial charge >= 0.3 is 0 Å². The Labute approximate surface area is 65.2 Å². The minimum Gasteiger partial charge on any atom is -0.726 e. The third-order valence-electron chi connectivity index (χ3n) is 0.772. The van der Waals surface area contributed by atoms with E-state index in [1.807, 2.05) is 0 Å². The number of hydrogen-bond acceptors (Lipinski definition) is 6. The lowest BCUT2D eigenvalue weighted by Gasteiger charge is -1.98. The molecule has 0 fully saturated rings. The molecule has 0 aromatic heterocycles. The van der Waals surface area contributed by atoms with Gasteiger partial charge in [0.25, 0.3) is 0 Å². The molecule has 11 heavy (non-hydrogen) atoms. The zero-order valence-electron chi connectivity index (χ0n) is 5.98. The molecule has 0 aromatic rings. The van der Waals surface area contributed by atoms with E-state index in [9.17, 15) is 13.0 Å². The van der Waals surface area contributed by atoms with Gasteiger partial charge in [-0.3, -0.25) is 9.18 Å². The van der Waals surface area contributed by atoms with Gasteiger partial charge in [0.1, 0.15) is 0 Å². The number of hydrogen-bond donors (Lipinski definition) is 1. The molecule has 1 N–H and O–H groups in total. The zero-order valence-corrected chi connectivity index (χ0v) is 6.80. The van der Waals surface area contributed by atoms with Crippen LogP contribution in [0.25, 0.3) is 0 Å². The summed E-state index contributed by atoms with van der Waals surface area (Å²) in [7, 11) is -3.60. The van der Waals surface area contributed by atoms with Gasteiger partial charge in [-0.2, -0.15) is 0 Å². The minimum absolute atomic E-state index is 0.808. The Morgan fingerprint density at radius 3 is 2.36 bits per heavy atom. The molecule has 0 aromatic carbocycles. The Hall–Kier alpha value is -0.660. The molecule has 0 aliphatic carbocycles. The molecule has 66 valence electrons. The van der Waals surface area contributed by atoms with Crippen molar-refractivity contribution in [2.24, 2.45) is 4.99 Å². The van der Waals surface area contributed by atoms with Gasteiger partial charge in [0, 0.05) is 6.54 Å². The van der Waals surface area contributed by atoms with Crippen molar-refractivity contribution in [3.63, 3.8) is 0 Å². The van der Waals surface area contributed by atoms with E-state index in [0.717, 1.165) is 20.2 Å². The van der Waals surface area contributed by atoms with Crippen LogP contribution in [0, 0.1) is 0 Å². The van der Waals surface area contributed by atoms with Crippen molar-refractivity contribution in [1.82, 2.24) is 5.32 Å². The van der Waals surface area contributed by atoms with Crippen molar-refractivity contribution in [2.45, 2.75) is 0 Å². The smallest absolute Gasteiger partial charge is 0.217 e. The first-order valence-corrected chi connectivity index (χ1v) is 4.12. The van der Waals surface area contributed by atoms with Crippen molar-refractivity contribution in [2.75, 3.05) is 20.2 Å². The Bertz CT molecular complexity index is 204. The second kappa shape index (κ2) is 5.05. The van der Waals surface area contributed by atoms with Crippen molar-refractivity contribution < 1.29 is 17.2 Å². The predicted octanol–water partition coefficient (Wildman–Crippen LogP) is -1.29. The van der Waals surface area contributed by atoms with Gasteiger partial charge in [-0.25, -0.2) is 8.42 Å². The fourth-order valence-corrected chi connectivity index (χ4v) is 0.323. The molecule has 1 rings (SSSR count). The largest absolute Gasteiger partial charge is 0.726 e. The standard InChI is InChI=1S/C3H6N2.CH4O4S/c1-2-5-3-4-1;1-5-6(2,3)4/h3H,1-2H2,(H,4,5);1H3,(H,2,3,4)/p-1. The highest BCUT2D eigenvalue weighted by molar-refractivity contribution is 7.80. The maximum Gasteiger partial charge on any atom is 0.217 e. The van der Waals surface area contributed by atoms with Gasteiger partial charge in [0.2, 0.25) is 10.4 Å². The summed E-state index contributed by atoms with van der Waals surface area (Å²) >= 11 is 0. The van der Waals surface area contributed by atoms with Crippen LogP contribution in [-0.2, 0) is 14.6 Å². The van der Waals surface area contributed by atoms with Crippen LogP contribution in [0.1, 0.15) is 0 Å². The topological polar surface area (TPSA) is 90.8 Å². The van der Waals surface area contributed by atoms with E-state index in [2.05, 4.69) is 14.5 Å². The molecule has 0 amide bonds. The first-order chi connectivity index (χ1) is 5.06. The number of nitrogens with one attached hydrogen (secondary N) is 1. The molecule has 7 heteroatoms. The van der Waals surface area contributed by atoms with Gasteiger partial charge in [-0.15, -0.1) is 0 Å². The summed E-state index contributed by atoms with van der Waals surface area (Å²) in [5, 5.41) is 2.93. The molecule has 0 spiro atoms. The van der Waals surface area contributed by atoms with Crippen LogP contribution in [0.15, 0.2) is 4.99 Å². The lowest BCUT2D eigenvalue weighted by atomic mass is 10.7. The summed E-state index contributed by atoms with van der Waals surface area (Å²) < 4.78 is 31.0. The van der Waals surface area contributed by atoms with Crippen LogP contribution in [0.2, 0.25) is 0 Å². The Morgan fingerprint density at radius 2 is 2.27 bits per heavy atom. The Morgan fingerprint density at radius 1 is 1.73 bits per heavy atom. The van der Waals surface area contributed by atoms with E-state index in [1.54, 1.807) is 6.34 Å². The van der Waals surface area contributed by atoms with Gasteiger partial charge in [-0.05, 0) is 0 Å². The molecule has 0 atom stereocenters. The van der Waals surface area contributed by atoms with Crippen molar-refractivity contribution in [1.29, 1.82) is 0 Å². The lowest BCUT2D eigenvalue weighted by molar-refractivity contribution is 0.314. The molecule has 0 radical (unpaired) electrons. The molecule has 0 bridgehead atoms. The Balaban J connectivity index is 0.000000183. The summed E-state index contributed by atoms with van der Waals surface area (Å²) in [6, 6.07) is 0. The summed E-state index contributed by atoms with van der Waals surface area (Å²) in [6.45, 7) is 1.99. The van der Waals surface area contributed by atoms with Crippen molar-refractivity contribution in [3.8, 4) is 0 Å². The second-order valence-electron chi connectivity index (χ2n) is 1.56. The average Bonchev–Trinajstić information content (AvgIpc) is 2.41. The highest BCUT2D eigenvalue weighted by Gasteiger charge is 1.82. The molecular formula is C4H9N2O4S-. The van der Waals surface area contributed by atoms with Crippen LogP contribution in [0.4, 0.5) is 0 Å². The normalized spacial score (nSPS) is 15.1. The van der Waals surface area contributed by atoms with Crippen LogP contribution in [0.3, 0.4) is 0 Å². The third-order valence-corrected chi connectivity index (χ3v) is 1.18. The molecule has 1 aliphatic rings. The van der Waals surface area contributed by atoms with Crippen LogP contribution in [-0.4, -0.2) is 39.5 Å². The van der Waals surface area contributed by atoms with E-state index in [1.165, 1.54) is 0 Å². The number of rotatable bonds is 1. The fraction of sp³-hybridized carbons (Fsp3) is 0.750. The molecule has 6 nitrogen and oxygen atoms in total. The molecule has 0 saturated carbocycles. The minimum atomic E-state index is -4.41. The van der Waals surface area contributed by atoms with Crippen molar-refractivity contribution in [3.05, 3.63) is 0 Å². The summed E-state index contributed by atoms with van der Waals surface area (Å²) in [6.07, 6.45) is 1.74. The SMILES string of the molecule is C1=NCCN1.COS(=O)(=O)[O-]. The molecule has 0 unspecified atom stereocenters. The van der Waals surface area contributed by atoms with E-state index in [4.69, 9.17) is 0 Å². The first kappa shape index (κ1) is 10.3. The molecule has 1 heterocycles. The van der Waals surface area contributed by atoms with Crippen LogP contribution < -0.4 is 5.32 Å². The number of nitrogens with zero attached hydrogens (tertiary/aromatic N) is 1. The van der Waals surface area contributed by atoms with Gasteiger partial charge in [-0.1, -0.05) is 0 Å². The highest BCUT2D eigenvalue weighted by Crippen LogP contribution is 1.74. The van der Waals surface area contributed by atoms with Gasteiger partial charge in [0.15, 0.2) is 0 Å². The zero-order chi connectivity index (χ0) is 8.74. The molecule has 1 aliphatic heterocycles. The van der Waals surface area contributed by atoms with Crippen LogP contribution in [0.5, 0.6) is 0 Å². The fourth-order valence-electron chi connectivity index (χ4n) is 0.323. The monoisotopic (exact) mass is 181 g/mol. The quantitative estimate of drug-likeness (QED) is 0.401. The van der Waals surface area contributed by atoms with E-state index < -0.39 is 10.4 Å². The maximum absolute atomic E-state index is 9.22. The highest BCUT2D eigenvalue weighted by atomic mass is 32.3. The summed E-state index contributed by atoms with van der Waals surface area (Å²) in [5.41, 5.74) is 0. The second-order valence-corrected chi connectivity index (χ2v) is 2.71. The summed E-state index contributed by atoms with van der Waals surface area (Å²) in [5.74, 6) is 0. The van der Waals surface area contributed by atoms with E-state index >= 15 is 0 Å². The first-order valence-electron chi connectivity index (χ1n) is 2.79. The van der Waals surface area contributed by atoms with E-state index in [0.29, 0.717) is 0 Å². The van der Waals surface area contributed by atoms with Gasteiger partial charge < -0.3 is 9.87 Å². The number of aliphatic imine (C=N–C) groups is 1. The maximum atomic E-state index is 9.22. The average molecular weight is 181 g/mol. The van der Waals surface area contributed by atoms with Crippen LogP contribution >= 0.6 is 0 Å². The molecular weight excluding hydrogens is 172 g/mol. The Kier molecular flexibility index (Phi) is 4.75.